The molecule has 0 unspecified atom stereocenters. The van der Waals surface area contributed by atoms with E-state index < -0.39 is 9.67 Å². The zero-order valence-electron chi connectivity index (χ0n) is 2.84. The Morgan fingerprint density at radius 1 is 1.67 bits per heavy atom. The average Bonchev–Trinajstić information content (AvgIpc) is 1.32. The van der Waals surface area contributed by atoms with Crippen LogP contribution in [-0.4, -0.2) is 11.0 Å². The molecular weight excluding hydrogens is 123 g/mol. The quantitative estimate of drug-likeness (QED) is 0.434. The van der Waals surface area contributed by atoms with Crippen molar-refractivity contribution in [1.29, 1.82) is 0 Å². The van der Waals surface area contributed by atoms with Gasteiger partial charge in [0.05, 0.1) is 0 Å². The molecule has 6 heavy (non-hydrogen) atoms. The maximum absolute atomic E-state index is 10.1. The highest BCUT2D eigenvalue weighted by molar-refractivity contribution is 8.14. The molecule has 0 aromatic heterocycles. The Morgan fingerprint density at radius 3 is 2.00 bits per heavy atom. The third-order valence-corrected chi connectivity index (χ3v) is 1.93. The second kappa shape index (κ2) is 1.17. The fourth-order valence-electron chi connectivity index (χ4n) is 0.136. The molecule has 0 N–H and O–H groups in total. The van der Waals surface area contributed by atoms with Crippen LogP contribution in [0.5, 0.6) is 0 Å². The van der Waals surface area contributed by atoms with E-state index >= 15 is 0 Å². The molecule has 0 amide bonds. The van der Waals surface area contributed by atoms with E-state index in [0.717, 1.165) is 0 Å². The molecule has 1 heterocycles. The molecule has 0 aromatic carbocycles. The number of rotatable bonds is 0. The van der Waals surface area contributed by atoms with Crippen molar-refractivity contribution >= 4 is 17.7 Å². The fourth-order valence-corrected chi connectivity index (χ4v) is 0.695. The second-order valence-electron chi connectivity index (χ2n) is 0.808. The number of hydrogen-bond donors (Lipinski definition) is 0. The molecule has 0 aliphatic carbocycles. The van der Waals surface area contributed by atoms with Crippen LogP contribution in [0.25, 0.3) is 0 Å². The van der Waals surface area contributed by atoms with Gasteiger partial charge in [-0.3, -0.25) is 0 Å². The first-order valence-electron chi connectivity index (χ1n) is 1.28. The lowest BCUT2D eigenvalue weighted by Gasteiger charge is -2.16. The fraction of sp³-hybridized carbons (Fsp3) is 1.00. The Balaban J connectivity index is 2.78. The summed E-state index contributed by atoms with van der Waals surface area (Å²) >= 11 is 0. The Morgan fingerprint density at radius 2 is 2.00 bits per heavy atom. The largest absolute Gasteiger partial charge is 0.245 e. The molecule has 1 saturated heterocycles. The van der Waals surface area contributed by atoms with Gasteiger partial charge in [-0.15, -0.1) is 0 Å². The summed E-state index contributed by atoms with van der Waals surface area (Å²) in [7, 11) is 0.267. The van der Waals surface area contributed by atoms with Crippen LogP contribution in [-0.2, 0) is 18.0 Å². The van der Waals surface area contributed by atoms with Gasteiger partial charge in [0, 0.05) is 8.02 Å². The topological polar surface area (TPSA) is 35.5 Å². The van der Waals surface area contributed by atoms with Gasteiger partial charge in [0.25, 0.3) is 0 Å². The molecule has 1 rings (SSSR count). The normalized spacial score (nSPS) is 28.7. The van der Waals surface area contributed by atoms with Crippen molar-refractivity contribution in [3.8, 4) is 0 Å². The Hall–Kier alpha value is 0.370. The lowest BCUT2D eigenvalue weighted by atomic mass is 11.6. The van der Waals surface area contributed by atoms with Crippen LogP contribution in [0.15, 0.2) is 0 Å². The highest BCUT2D eigenvalue weighted by Gasteiger charge is 2.14. The summed E-state index contributed by atoms with van der Waals surface area (Å²) in [5.74, 6) is 0. The zero-order chi connectivity index (χ0) is 4.62. The minimum atomic E-state index is -2.43. The highest BCUT2D eigenvalue weighted by atomic mass is 32.5. The molecule has 1 fully saturated rings. The molecule has 0 bridgehead atoms. The van der Waals surface area contributed by atoms with Crippen LogP contribution in [0.1, 0.15) is 0 Å². The van der Waals surface area contributed by atoms with Crippen molar-refractivity contribution in [1.82, 2.24) is 0 Å². The summed E-state index contributed by atoms with van der Waals surface area (Å²) in [6, 6.07) is 0. The van der Waals surface area contributed by atoms with E-state index in [1.54, 1.807) is 0 Å². The lowest BCUT2D eigenvalue weighted by Crippen LogP contribution is -2.20. The van der Waals surface area contributed by atoms with E-state index in [1.807, 2.05) is 0 Å². The van der Waals surface area contributed by atoms with Gasteiger partial charge in [-0.2, -0.15) is 0 Å². The molecule has 1 aliphatic rings. The van der Waals surface area contributed by atoms with Crippen molar-refractivity contribution in [3.63, 3.8) is 0 Å². The van der Waals surface area contributed by atoms with Gasteiger partial charge >= 0.3 is 0 Å². The third kappa shape index (κ3) is 0.708. The van der Waals surface area contributed by atoms with Crippen LogP contribution >= 0.6 is 8.02 Å². The van der Waals surface area contributed by atoms with Gasteiger partial charge in [0.2, 0.25) is 9.67 Å². The van der Waals surface area contributed by atoms with E-state index in [1.165, 1.54) is 0 Å². The Bertz CT molecular complexity index is 125. The van der Waals surface area contributed by atoms with Crippen molar-refractivity contribution in [3.05, 3.63) is 0 Å². The van der Waals surface area contributed by atoms with Crippen LogP contribution < -0.4 is 0 Å². The van der Waals surface area contributed by atoms with Crippen molar-refractivity contribution in [2.45, 2.75) is 0 Å². The van der Waals surface area contributed by atoms with Crippen molar-refractivity contribution in [2.24, 2.45) is 0 Å². The predicted octanol–water partition coefficient (Wildman–Crippen LogP) is 0.163. The summed E-state index contributed by atoms with van der Waals surface area (Å²) in [6.45, 7) is 0.141. The summed E-state index contributed by atoms with van der Waals surface area (Å²) in [6.07, 6.45) is 0. The Kier molecular flexibility index (Phi) is 0.881. The third-order valence-electron chi connectivity index (χ3n) is 0.407. The Labute approximate surface area is 37.9 Å². The molecule has 36 valence electrons. The SMILES string of the molecule is O=S1(=P)OCO1. The van der Waals surface area contributed by atoms with Crippen LogP contribution in [0.4, 0.5) is 0 Å². The van der Waals surface area contributed by atoms with Gasteiger partial charge in [0.1, 0.15) is 0 Å². The summed E-state index contributed by atoms with van der Waals surface area (Å²) in [4.78, 5) is 0. The van der Waals surface area contributed by atoms with Crippen molar-refractivity contribution in [2.75, 3.05) is 6.79 Å². The second-order valence-corrected chi connectivity index (χ2v) is 3.69. The summed E-state index contributed by atoms with van der Waals surface area (Å²) in [5, 5.41) is 0. The van der Waals surface area contributed by atoms with Gasteiger partial charge in [0.15, 0.2) is 6.79 Å². The van der Waals surface area contributed by atoms with Crippen LogP contribution in [0.3, 0.4) is 0 Å². The molecule has 0 aromatic rings. The van der Waals surface area contributed by atoms with E-state index in [2.05, 4.69) is 16.4 Å². The maximum atomic E-state index is 10.1. The van der Waals surface area contributed by atoms with E-state index in [0.29, 0.717) is 0 Å². The lowest BCUT2D eigenvalue weighted by molar-refractivity contribution is 0.0438. The highest BCUT2D eigenvalue weighted by Crippen LogP contribution is 2.12. The summed E-state index contributed by atoms with van der Waals surface area (Å²) in [5.41, 5.74) is 0. The standard InChI is InChI=1S/CH3O3PS/c2-6(5)3-1-4-6/h5H,1H2. The van der Waals surface area contributed by atoms with Crippen molar-refractivity contribution < 1.29 is 12.6 Å². The van der Waals surface area contributed by atoms with Gasteiger partial charge in [-0.05, 0) is 0 Å². The molecule has 3 nitrogen and oxygen atoms in total. The minimum Gasteiger partial charge on any atom is -0.245 e. The molecule has 1 aliphatic heterocycles. The van der Waals surface area contributed by atoms with E-state index in [-0.39, 0.29) is 6.79 Å². The van der Waals surface area contributed by atoms with Gasteiger partial charge < -0.3 is 0 Å². The smallest absolute Gasteiger partial charge is 0.225 e. The van der Waals surface area contributed by atoms with Gasteiger partial charge in [-0.1, -0.05) is 0 Å². The molecule has 0 atom stereocenters. The number of hydrogen-bond acceptors (Lipinski definition) is 3. The molecule has 0 spiro atoms. The van der Waals surface area contributed by atoms with Crippen LogP contribution in [0, 0.1) is 0 Å². The molecular formula is CH3O3PS. The molecule has 0 radical (unpaired) electrons. The zero-order valence-corrected chi connectivity index (χ0v) is 4.66. The predicted molar refractivity (Wildman–Crippen MR) is 23.5 cm³/mol. The monoisotopic (exact) mass is 126 g/mol. The van der Waals surface area contributed by atoms with Gasteiger partial charge in [-0.25, -0.2) is 12.6 Å². The average molecular weight is 126 g/mol. The summed E-state index contributed by atoms with van der Waals surface area (Å²) < 4.78 is 18.8. The molecule has 0 saturated carbocycles. The van der Waals surface area contributed by atoms with Crippen LogP contribution in [0.2, 0.25) is 0 Å². The minimum absolute atomic E-state index is 0.141. The van der Waals surface area contributed by atoms with E-state index in [4.69, 9.17) is 0 Å². The maximum Gasteiger partial charge on any atom is 0.225 e. The first-order chi connectivity index (χ1) is 2.71. The molecule has 5 heteroatoms. The first-order valence-corrected chi connectivity index (χ1v) is 3.91. The van der Waals surface area contributed by atoms with E-state index in [9.17, 15) is 4.21 Å². The first kappa shape index (κ1) is 4.53.